The molecule has 0 aromatic heterocycles. The molecule has 1 heteroatoms. The van der Waals surface area contributed by atoms with Crippen molar-refractivity contribution in [2.45, 2.75) is 64.7 Å². The van der Waals surface area contributed by atoms with E-state index in [4.69, 9.17) is 0 Å². The van der Waals surface area contributed by atoms with Crippen molar-refractivity contribution < 1.29 is 4.58 Å². The van der Waals surface area contributed by atoms with Gasteiger partial charge in [0.25, 0.3) is 0 Å². The predicted octanol–water partition coefficient (Wildman–Crippen LogP) is 11.2. The lowest BCUT2D eigenvalue weighted by atomic mass is 9.69. The molecule has 0 spiro atoms. The van der Waals surface area contributed by atoms with Crippen LogP contribution in [-0.4, -0.2) is 17.3 Å². The number of hydrogen-bond donors (Lipinski definition) is 0. The van der Waals surface area contributed by atoms with Crippen molar-refractivity contribution in [1.82, 2.24) is 0 Å². The highest BCUT2D eigenvalue weighted by Crippen LogP contribution is 2.47. The summed E-state index contributed by atoms with van der Waals surface area (Å²) >= 11 is 0. The molecule has 0 saturated carbocycles. The molecule has 0 aliphatic carbocycles. The van der Waals surface area contributed by atoms with Crippen LogP contribution in [0, 0.1) is 6.92 Å². The van der Waals surface area contributed by atoms with Gasteiger partial charge in [0.05, 0.1) is 5.41 Å². The molecule has 2 unspecified atom stereocenters. The maximum Gasteiger partial charge on any atom is 0.210 e. The van der Waals surface area contributed by atoms with E-state index in [0.29, 0.717) is 0 Å². The first-order valence-corrected chi connectivity index (χ1v) is 17.0. The second-order valence-electron chi connectivity index (χ2n) is 14.3. The first-order valence-electron chi connectivity index (χ1n) is 17.0. The van der Waals surface area contributed by atoms with Gasteiger partial charge >= 0.3 is 0 Å². The Morgan fingerprint density at radius 1 is 0.702 bits per heavy atom. The van der Waals surface area contributed by atoms with Gasteiger partial charge in [0.2, 0.25) is 5.69 Å². The third-order valence-electron chi connectivity index (χ3n) is 11.3. The van der Waals surface area contributed by atoms with Crippen molar-refractivity contribution in [2.75, 3.05) is 7.05 Å². The number of hydrogen-bond acceptors (Lipinski definition) is 0. The first-order chi connectivity index (χ1) is 22.6. The molecule has 0 amide bonds. The lowest BCUT2D eigenvalue weighted by Crippen LogP contribution is -2.32. The van der Waals surface area contributed by atoms with Gasteiger partial charge in [-0.25, -0.2) is 4.58 Å². The SMILES string of the molecule is C=C(C)C(C)(Cc1ccccc1)c1c(C)cc(Cc2cc3c(c4ccccc24)C(C)(Cc2ccccc2)C(C)=[N+]3C)c2ccccc12. The summed E-state index contributed by atoms with van der Waals surface area (Å²) in [6.45, 7) is 16.2. The minimum atomic E-state index is -0.191. The maximum atomic E-state index is 4.55. The molecule has 0 saturated heterocycles. The zero-order chi connectivity index (χ0) is 32.9. The molecule has 0 N–H and O–H groups in total. The molecule has 1 heterocycles. The quantitative estimate of drug-likeness (QED) is 0.119. The van der Waals surface area contributed by atoms with E-state index in [-0.39, 0.29) is 10.8 Å². The molecule has 0 fully saturated rings. The van der Waals surface area contributed by atoms with Gasteiger partial charge in [-0.1, -0.05) is 134 Å². The van der Waals surface area contributed by atoms with E-state index < -0.39 is 0 Å². The summed E-state index contributed by atoms with van der Waals surface area (Å²) in [4.78, 5) is 0. The summed E-state index contributed by atoms with van der Waals surface area (Å²) in [6.07, 6.45) is 2.78. The van der Waals surface area contributed by atoms with Crippen LogP contribution < -0.4 is 0 Å². The first kappa shape index (κ1) is 30.9. The van der Waals surface area contributed by atoms with Gasteiger partial charge in [-0.3, -0.25) is 0 Å². The monoisotopic (exact) mass is 612 g/mol. The zero-order valence-corrected chi connectivity index (χ0v) is 28.8. The highest BCUT2D eigenvalue weighted by atomic mass is 15.0. The van der Waals surface area contributed by atoms with E-state index in [2.05, 4.69) is 174 Å². The Hall–Kier alpha value is -4.75. The lowest BCUT2D eigenvalue weighted by molar-refractivity contribution is -0.403. The number of nitrogens with zero attached hydrogens (tertiary/aromatic N) is 1. The van der Waals surface area contributed by atoms with E-state index >= 15 is 0 Å². The van der Waals surface area contributed by atoms with Crippen LogP contribution in [0.15, 0.2) is 133 Å². The molecular formula is C46H46N+. The average molecular weight is 613 g/mol. The van der Waals surface area contributed by atoms with Gasteiger partial charge in [-0.15, -0.1) is 0 Å². The van der Waals surface area contributed by atoms with Crippen molar-refractivity contribution in [3.8, 4) is 0 Å². The summed E-state index contributed by atoms with van der Waals surface area (Å²) in [5, 5.41) is 5.40. The molecule has 234 valence electrons. The Balaban J connectivity index is 1.38. The minimum absolute atomic E-state index is 0.0831. The summed E-state index contributed by atoms with van der Waals surface area (Å²) in [6, 6.07) is 44.9. The Labute approximate surface area is 280 Å². The van der Waals surface area contributed by atoms with Crippen LogP contribution in [0.25, 0.3) is 21.5 Å². The van der Waals surface area contributed by atoms with Gasteiger partial charge in [0.1, 0.15) is 7.05 Å². The molecule has 2 atom stereocenters. The third-order valence-corrected chi connectivity index (χ3v) is 11.3. The van der Waals surface area contributed by atoms with Crippen molar-refractivity contribution in [1.29, 1.82) is 0 Å². The number of benzene rings is 6. The van der Waals surface area contributed by atoms with E-state index in [9.17, 15) is 0 Å². The van der Waals surface area contributed by atoms with Crippen LogP contribution in [0.1, 0.15) is 66.6 Å². The van der Waals surface area contributed by atoms with Gasteiger partial charge in [0.15, 0.2) is 5.71 Å². The molecule has 0 radical (unpaired) electrons. The van der Waals surface area contributed by atoms with Crippen molar-refractivity contribution in [2.24, 2.45) is 0 Å². The minimum Gasteiger partial charge on any atom is -0.202 e. The van der Waals surface area contributed by atoms with E-state index in [1.54, 1.807) is 0 Å². The smallest absolute Gasteiger partial charge is 0.202 e. The summed E-state index contributed by atoms with van der Waals surface area (Å²) < 4.78 is 2.45. The van der Waals surface area contributed by atoms with Crippen LogP contribution in [0.2, 0.25) is 0 Å². The van der Waals surface area contributed by atoms with Crippen molar-refractivity contribution in [3.05, 3.63) is 172 Å². The van der Waals surface area contributed by atoms with Gasteiger partial charge < -0.3 is 0 Å². The highest BCUT2D eigenvalue weighted by Gasteiger charge is 2.47. The average Bonchev–Trinajstić information content (AvgIpc) is 3.26. The van der Waals surface area contributed by atoms with Crippen LogP contribution in [0.3, 0.4) is 0 Å². The van der Waals surface area contributed by atoms with E-state index in [1.165, 1.54) is 77.5 Å². The Bertz CT molecular complexity index is 2190. The number of aryl methyl sites for hydroxylation is 1. The number of allylic oxidation sites excluding steroid dienone is 1. The molecule has 1 aliphatic heterocycles. The van der Waals surface area contributed by atoms with Gasteiger partial charge in [-0.05, 0) is 95.0 Å². The highest BCUT2D eigenvalue weighted by molar-refractivity contribution is 6.03. The largest absolute Gasteiger partial charge is 0.210 e. The standard InChI is InChI=1S/C46H46N/c1-31(2)45(5,29-34-18-10-8-11-19-34)43-32(3)26-36(38-22-14-16-24-40(38)43)27-37-28-42-44(41-25-17-15-23-39(37)41)46(6,33(4)47(42)7)30-35-20-12-9-13-21-35/h8-26,28H,1,27,29-30H2,2-7H3/q+1. The molecule has 6 aromatic carbocycles. The molecule has 0 bridgehead atoms. The summed E-state index contributed by atoms with van der Waals surface area (Å²) in [5.74, 6) is 0. The Morgan fingerprint density at radius 3 is 1.83 bits per heavy atom. The van der Waals surface area contributed by atoms with Crippen LogP contribution in [0.5, 0.6) is 0 Å². The topological polar surface area (TPSA) is 3.01 Å². The fraction of sp³-hybridized carbons (Fsp3) is 0.239. The van der Waals surface area contributed by atoms with E-state index in [1.807, 2.05) is 0 Å². The van der Waals surface area contributed by atoms with Crippen LogP contribution in [-0.2, 0) is 30.1 Å². The van der Waals surface area contributed by atoms with Crippen LogP contribution in [0.4, 0.5) is 5.69 Å². The van der Waals surface area contributed by atoms with E-state index in [0.717, 1.165) is 19.3 Å². The number of fused-ring (bicyclic) bond motifs is 4. The maximum absolute atomic E-state index is 4.55. The summed E-state index contributed by atoms with van der Waals surface area (Å²) in [5.41, 5.74) is 13.3. The van der Waals surface area contributed by atoms with Gasteiger partial charge in [0, 0.05) is 24.0 Å². The second kappa shape index (κ2) is 11.8. The molecule has 7 rings (SSSR count). The normalized spacial score (nSPS) is 17.2. The fourth-order valence-electron chi connectivity index (χ4n) is 8.52. The third kappa shape index (κ3) is 5.13. The molecular weight excluding hydrogens is 567 g/mol. The lowest BCUT2D eigenvalue weighted by Gasteiger charge is -2.34. The van der Waals surface area contributed by atoms with Crippen LogP contribution >= 0.6 is 0 Å². The molecule has 47 heavy (non-hydrogen) atoms. The fourth-order valence-corrected chi connectivity index (χ4v) is 8.52. The Kier molecular flexibility index (Phi) is 7.75. The molecule has 6 aromatic rings. The summed E-state index contributed by atoms with van der Waals surface area (Å²) in [7, 11) is 2.25. The Morgan fingerprint density at radius 2 is 1.21 bits per heavy atom. The molecule has 1 aliphatic rings. The van der Waals surface area contributed by atoms with Crippen molar-refractivity contribution in [3.63, 3.8) is 0 Å². The molecule has 1 nitrogen and oxygen atoms in total. The zero-order valence-electron chi connectivity index (χ0n) is 28.8. The number of rotatable bonds is 8. The van der Waals surface area contributed by atoms with Crippen molar-refractivity contribution >= 4 is 32.9 Å². The predicted molar refractivity (Wildman–Crippen MR) is 202 cm³/mol. The second-order valence-corrected chi connectivity index (χ2v) is 14.3. The van der Waals surface area contributed by atoms with Gasteiger partial charge in [-0.2, -0.15) is 0 Å².